The van der Waals surface area contributed by atoms with Crippen LogP contribution in [0, 0.1) is 0 Å². The molecule has 0 radical (unpaired) electrons. The topological polar surface area (TPSA) is 146 Å². The van der Waals surface area contributed by atoms with Crippen molar-refractivity contribution in [3.8, 4) is 17.0 Å². The van der Waals surface area contributed by atoms with Crippen molar-refractivity contribution in [3.05, 3.63) is 57.4 Å². The number of nitrogens with zero attached hydrogens (tertiary/aromatic N) is 3. The Kier molecular flexibility index (Phi) is 7.77. The Labute approximate surface area is 206 Å². The number of benzene rings is 1. The van der Waals surface area contributed by atoms with Gasteiger partial charge in [-0.05, 0) is 31.2 Å². The number of alkyl halides is 3. The van der Waals surface area contributed by atoms with Crippen molar-refractivity contribution in [1.82, 2.24) is 20.5 Å². The van der Waals surface area contributed by atoms with Crippen LogP contribution >= 0.6 is 11.3 Å². The molecule has 3 rings (SSSR count). The van der Waals surface area contributed by atoms with Gasteiger partial charge in [0.25, 0.3) is 11.8 Å². The summed E-state index contributed by atoms with van der Waals surface area (Å²) in [6.07, 6.45) is -4.73. The van der Waals surface area contributed by atoms with E-state index in [0.717, 1.165) is 23.5 Å². The molecule has 0 saturated heterocycles. The largest absolute Gasteiger partial charge is 0.504 e. The molecule has 2 amide bonds. The fourth-order valence-electron chi connectivity index (χ4n) is 3.09. The molecule has 0 aliphatic heterocycles. The van der Waals surface area contributed by atoms with Gasteiger partial charge in [0, 0.05) is 19.2 Å². The molecular weight excluding hydrogens is 503 g/mol. The molecule has 4 N–H and O–H groups in total. The molecule has 0 aliphatic rings. The summed E-state index contributed by atoms with van der Waals surface area (Å²) in [7, 11) is 1.50. The van der Waals surface area contributed by atoms with Gasteiger partial charge in [-0.15, -0.1) is 11.3 Å². The lowest BCUT2D eigenvalue weighted by molar-refractivity contribution is -0.138. The van der Waals surface area contributed by atoms with Gasteiger partial charge in [0.05, 0.1) is 27.5 Å². The second-order valence-electron chi connectivity index (χ2n) is 7.45. The SMILES string of the molecule is C/C(=N\NC(=O)c1ccc(C(=O)NCCC(=O)O)s1)c1nn(C)c(-c2ccc(C(F)(F)F)cc2)c1O. The number of carboxylic acids is 1. The number of hydrogen-bond donors (Lipinski definition) is 4. The lowest BCUT2D eigenvalue weighted by Crippen LogP contribution is -2.25. The highest BCUT2D eigenvalue weighted by Crippen LogP contribution is 2.35. The number of amides is 2. The number of aromatic hydroxyl groups is 1. The Balaban J connectivity index is 1.71. The molecule has 0 bridgehead atoms. The minimum Gasteiger partial charge on any atom is -0.504 e. The number of hydrogen-bond acceptors (Lipinski definition) is 7. The van der Waals surface area contributed by atoms with E-state index in [0.29, 0.717) is 5.56 Å². The lowest BCUT2D eigenvalue weighted by atomic mass is 10.1. The van der Waals surface area contributed by atoms with E-state index in [1.165, 1.54) is 42.9 Å². The maximum atomic E-state index is 12.8. The van der Waals surface area contributed by atoms with Gasteiger partial charge < -0.3 is 15.5 Å². The third-order valence-electron chi connectivity index (χ3n) is 4.85. The van der Waals surface area contributed by atoms with E-state index in [-0.39, 0.29) is 45.6 Å². The molecule has 36 heavy (non-hydrogen) atoms. The third kappa shape index (κ3) is 6.07. The van der Waals surface area contributed by atoms with Gasteiger partial charge in [0.1, 0.15) is 5.69 Å². The molecule has 2 heterocycles. The predicted octanol–water partition coefficient (Wildman–Crippen LogP) is 3.23. The average Bonchev–Trinajstić information content (AvgIpc) is 3.41. The fraction of sp³-hybridized carbons (Fsp3) is 0.227. The fourth-order valence-corrected chi connectivity index (χ4v) is 3.90. The van der Waals surface area contributed by atoms with E-state index in [2.05, 4.69) is 20.9 Å². The highest BCUT2D eigenvalue weighted by atomic mass is 32.1. The Hall–Kier alpha value is -4.20. The normalized spacial score (nSPS) is 11.9. The first-order valence-corrected chi connectivity index (χ1v) is 11.1. The molecule has 0 fully saturated rings. The van der Waals surface area contributed by atoms with Crippen LogP contribution in [0.2, 0.25) is 0 Å². The maximum absolute atomic E-state index is 12.8. The quantitative estimate of drug-likeness (QED) is 0.263. The smallest absolute Gasteiger partial charge is 0.416 e. The second-order valence-corrected chi connectivity index (χ2v) is 8.53. The Morgan fingerprint density at radius 1 is 1.08 bits per heavy atom. The number of carbonyl (C=O) groups is 3. The number of aromatic nitrogens is 2. The van der Waals surface area contributed by atoms with E-state index < -0.39 is 29.5 Å². The van der Waals surface area contributed by atoms with E-state index >= 15 is 0 Å². The van der Waals surface area contributed by atoms with Crippen molar-refractivity contribution in [2.45, 2.75) is 19.5 Å². The maximum Gasteiger partial charge on any atom is 0.416 e. The number of thiophene rings is 1. The van der Waals surface area contributed by atoms with Crippen LogP contribution in [0.4, 0.5) is 13.2 Å². The third-order valence-corrected chi connectivity index (χ3v) is 5.94. The summed E-state index contributed by atoms with van der Waals surface area (Å²) in [4.78, 5) is 35.3. The van der Waals surface area contributed by atoms with Crippen LogP contribution in [-0.2, 0) is 18.0 Å². The van der Waals surface area contributed by atoms with Gasteiger partial charge in [-0.3, -0.25) is 19.1 Å². The van der Waals surface area contributed by atoms with Crippen LogP contribution in [0.25, 0.3) is 11.3 Å². The van der Waals surface area contributed by atoms with Crippen molar-refractivity contribution in [2.75, 3.05) is 6.54 Å². The van der Waals surface area contributed by atoms with Gasteiger partial charge in [0.15, 0.2) is 11.4 Å². The number of hydrazone groups is 1. The molecule has 0 aliphatic carbocycles. The summed E-state index contributed by atoms with van der Waals surface area (Å²) < 4.78 is 39.8. The van der Waals surface area contributed by atoms with Gasteiger partial charge in [0.2, 0.25) is 0 Å². The van der Waals surface area contributed by atoms with Crippen LogP contribution < -0.4 is 10.7 Å². The van der Waals surface area contributed by atoms with Crippen LogP contribution in [0.15, 0.2) is 41.5 Å². The first kappa shape index (κ1) is 26.4. The summed E-state index contributed by atoms with van der Waals surface area (Å²) in [5.41, 5.74) is 2.06. The number of carboxylic acid groups (broad SMARTS) is 1. The van der Waals surface area contributed by atoms with E-state index in [9.17, 15) is 32.7 Å². The minimum atomic E-state index is -4.49. The number of nitrogens with one attached hydrogen (secondary N) is 2. The highest BCUT2D eigenvalue weighted by Gasteiger charge is 2.30. The standard InChI is InChI=1S/C22H20F3N5O5S/c1-11(27-28-21(35)15-8-7-14(36-15)20(34)26-10-9-16(31)32)17-19(33)18(30(2)29-17)12-3-5-13(6-4-12)22(23,24)25/h3-8,33H,9-10H2,1-2H3,(H,26,34)(H,28,35)(H,31,32)/b27-11+. The Bertz CT molecular complexity index is 1330. The molecule has 3 aromatic rings. The molecular formula is C22H20F3N5O5S. The van der Waals surface area contributed by atoms with Crippen LogP contribution in [0.1, 0.15) is 43.9 Å². The van der Waals surface area contributed by atoms with Crippen LogP contribution in [0.5, 0.6) is 5.75 Å². The van der Waals surface area contributed by atoms with Crippen LogP contribution in [0.3, 0.4) is 0 Å². The number of aryl methyl sites for hydroxylation is 1. The zero-order valence-corrected chi connectivity index (χ0v) is 19.7. The zero-order valence-electron chi connectivity index (χ0n) is 18.9. The predicted molar refractivity (Wildman–Crippen MR) is 124 cm³/mol. The molecule has 2 aromatic heterocycles. The van der Waals surface area contributed by atoms with Crippen molar-refractivity contribution < 1.29 is 37.8 Å². The monoisotopic (exact) mass is 523 g/mol. The molecule has 14 heteroatoms. The number of rotatable bonds is 8. The van der Waals surface area contributed by atoms with E-state index in [1.807, 2.05) is 0 Å². The highest BCUT2D eigenvalue weighted by molar-refractivity contribution is 7.15. The molecule has 0 spiro atoms. The van der Waals surface area contributed by atoms with Crippen LogP contribution in [-0.4, -0.2) is 50.0 Å². The molecule has 0 saturated carbocycles. The average molecular weight is 523 g/mol. The Morgan fingerprint density at radius 3 is 2.28 bits per heavy atom. The van der Waals surface area contributed by atoms with Gasteiger partial charge in [-0.1, -0.05) is 12.1 Å². The van der Waals surface area contributed by atoms with Crippen molar-refractivity contribution in [3.63, 3.8) is 0 Å². The molecule has 1 aromatic carbocycles. The van der Waals surface area contributed by atoms with E-state index in [1.54, 1.807) is 0 Å². The van der Waals surface area contributed by atoms with Gasteiger partial charge >= 0.3 is 12.1 Å². The minimum absolute atomic E-state index is 0.0115. The molecule has 0 atom stereocenters. The summed E-state index contributed by atoms with van der Waals surface area (Å²) in [6, 6.07) is 7.02. The zero-order chi connectivity index (χ0) is 26.6. The first-order valence-electron chi connectivity index (χ1n) is 10.3. The van der Waals surface area contributed by atoms with Crippen molar-refractivity contribution in [1.29, 1.82) is 0 Å². The summed E-state index contributed by atoms with van der Waals surface area (Å²) in [5.74, 6) is -2.54. The Morgan fingerprint density at radius 2 is 1.69 bits per heavy atom. The van der Waals surface area contributed by atoms with Gasteiger partial charge in [-0.2, -0.15) is 23.4 Å². The summed E-state index contributed by atoms with van der Waals surface area (Å²) in [5, 5.41) is 29.8. The lowest BCUT2D eigenvalue weighted by Gasteiger charge is -2.08. The molecule has 190 valence electrons. The first-order chi connectivity index (χ1) is 16.9. The number of halogens is 3. The molecule has 10 nitrogen and oxygen atoms in total. The number of aliphatic carboxylic acids is 1. The van der Waals surface area contributed by atoms with Crippen molar-refractivity contribution in [2.24, 2.45) is 12.1 Å². The van der Waals surface area contributed by atoms with E-state index in [4.69, 9.17) is 5.11 Å². The number of carbonyl (C=O) groups excluding carboxylic acids is 2. The van der Waals surface area contributed by atoms with Gasteiger partial charge in [-0.25, -0.2) is 5.43 Å². The second kappa shape index (κ2) is 10.6. The summed E-state index contributed by atoms with van der Waals surface area (Å²) in [6.45, 7) is 1.41. The summed E-state index contributed by atoms with van der Waals surface area (Å²) >= 11 is 0.875. The molecule has 0 unspecified atom stereocenters. The van der Waals surface area contributed by atoms with Crippen molar-refractivity contribution >= 4 is 34.8 Å².